The minimum atomic E-state index is -0.509. The van der Waals surface area contributed by atoms with Crippen LogP contribution in [-0.4, -0.2) is 18.3 Å². The van der Waals surface area contributed by atoms with E-state index in [0.29, 0.717) is 5.56 Å². The van der Waals surface area contributed by atoms with Gasteiger partial charge in [-0.2, -0.15) is 5.26 Å². The van der Waals surface area contributed by atoms with Gasteiger partial charge in [0.2, 0.25) is 0 Å². The molecule has 208 valence electrons. The average Bonchev–Trinajstić information content (AvgIpc) is 3.43. The van der Waals surface area contributed by atoms with Gasteiger partial charge in [0, 0.05) is 9.79 Å². The van der Waals surface area contributed by atoms with Crippen molar-refractivity contribution in [2.75, 3.05) is 0 Å². The lowest BCUT2D eigenvalue weighted by molar-refractivity contribution is 0.00578. The summed E-state index contributed by atoms with van der Waals surface area (Å²) >= 11 is 1.85. The molecular formula is C38H30BNO2S. The molecule has 1 saturated heterocycles. The first-order valence-corrected chi connectivity index (χ1v) is 15.6. The molecule has 0 saturated carbocycles. The predicted molar refractivity (Wildman–Crippen MR) is 174 cm³/mol. The summed E-state index contributed by atoms with van der Waals surface area (Å²) in [5, 5.41) is 9.44. The summed E-state index contributed by atoms with van der Waals surface area (Å²) in [5.41, 5.74) is 10.1. The molecule has 0 radical (unpaired) electrons. The van der Waals surface area contributed by atoms with Crippen LogP contribution in [0.25, 0.3) is 22.3 Å². The van der Waals surface area contributed by atoms with Gasteiger partial charge in [-0.25, -0.2) is 0 Å². The maximum absolute atomic E-state index is 9.44. The van der Waals surface area contributed by atoms with Crippen LogP contribution in [0.15, 0.2) is 119 Å². The van der Waals surface area contributed by atoms with E-state index in [0.717, 1.165) is 16.6 Å². The van der Waals surface area contributed by atoms with Gasteiger partial charge in [-0.05, 0) is 102 Å². The fourth-order valence-corrected chi connectivity index (χ4v) is 8.25. The third-order valence-electron chi connectivity index (χ3n) is 9.84. The van der Waals surface area contributed by atoms with Crippen molar-refractivity contribution in [3.8, 4) is 28.3 Å². The highest BCUT2D eigenvalue weighted by Crippen LogP contribution is 2.63. The fraction of sp³-hybridized carbons (Fsp3) is 0.184. The molecule has 0 aromatic heterocycles. The van der Waals surface area contributed by atoms with Crippen LogP contribution in [0, 0.1) is 11.3 Å². The molecule has 0 bridgehead atoms. The molecule has 0 atom stereocenters. The van der Waals surface area contributed by atoms with Crippen molar-refractivity contribution in [2.24, 2.45) is 0 Å². The van der Waals surface area contributed by atoms with Crippen LogP contribution in [0.4, 0.5) is 0 Å². The van der Waals surface area contributed by atoms with Crippen LogP contribution < -0.4 is 5.46 Å². The van der Waals surface area contributed by atoms with E-state index in [1.807, 2.05) is 23.9 Å². The normalized spacial score (nSPS) is 18.0. The molecule has 0 N–H and O–H groups in total. The van der Waals surface area contributed by atoms with Crippen molar-refractivity contribution >= 4 is 24.3 Å². The summed E-state index contributed by atoms with van der Waals surface area (Å²) in [5.74, 6) is 0. The van der Waals surface area contributed by atoms with Crippen molar-refractivity contribution in [1.29, 1.82) is 5.26 Å². The van der Waals surface area contributed by atoms with E-state index in [1.54, 1.807) is 0 Å². The number of rotatable bonds is 2. The van der Waals surface area contributed by atoms with E-state index >= 15 is 0 Å². The van der Waals surface area contributed by atoms with Crippen molar-refractivity contribution in [3.63, 3.8) is 0 Å². The van der Waals surface area contributed by atoms with Crippen molar-refractivity contribution in [2.45, 2.75) is 54.1 Å². The minimum Gasteiger partial charge on any atom is -0.399 e. The second-order valence-corrected chi connectivity index (χ2v) is 13.7. The summed E-state index contributed by atoms with van der Waals surface area (Å²) < 4.78 is 13.1. The molecule has 1 aliphatic carbocycles. The monoisotopic (exact) mass is 575 g/mol. The first-order chi connectivity index (χ1) is 20.7. The lowest BCUT2D eigenvalue weighted by Crippen LogP contribution is -2.41. The van der Waals surface area contributed by atoms with E-state index in [1.165, 1.54) is 43.2 Å². The third kappa shape index (κ3) is 3.64. The minimum absolute atomic E-state index is 0.430. The first-order valence-electron chi connectivity index (χ1n) is 14.8. The standard InChI is InChI=1S/C38H30BNO2S/c1-36(2)37(3,4)42-39(41-36)26-20-21-28-32(22-26)38(29-11-5-7-14-33(29)43-34-15-8-6-12-30(34)38)31-13-9-10-27(35(28)31)25-18-16-24(23-40)17-19-25/h5-22H,1-4H3. The molecule has 0 amide bonds. The van der Waals surface area contributed by atoms with Crippen LogP contribution in [0.2, 0.25) is 0 Å². The second-order valence-electron chi connectivity index (χ2n) is 12.7. The highest BCUT2D eigenvalue weighted by Gasteiger charge is 2.54. The Hall–Kier alpha value is -4.08. The molecule has 5 aromatic rings. The zero-order valence-electron chi connectivity index (χ0n) is 24.6. The van der Waals surface area contributed by atoms with Crippen molar-refractivity contribution in [1.82, 2.24) is 0 Å². The maximum Gasteiger partial charge on any atom is 0.494 e. The number of benzene rings is 5. The Morgan fingerprint density at radius 1 is 0.628 bits per heavy atom. The Balaban J connectivity index is 1.45. The highest BCUT2D eigenvalue weighted by atomic mass is 32.2. The van der Waals surface area contributed by atoms with Crippen LogP contribution >= 0.6 is 11.8 Å². The quantitative estimate of drug-likeness (QED) is 0.194. The Bertz CT molecular complexity index is 1930. The SMILES string of the molecule is CC1(C)OB(c2ccc3c(c2)C2(c4ccccc4Sc4ccccc42)c2cccc(-c4ccc(C#N)cc4)c2-3)OC1(C)C. The van der Waals surface area contributed by atoms with Crippen LogP contribution in [0.3, 0.4) is 0 Å². The molecule has 43 heavy (non-hydrogen) atoms. The van der Waals surface area contributed by atoms with Gasteiger partial charge in [0.1, 0.15) is 0 Å². The molecule has 2 heterocycles. The number of hydrogen-bond donors (Lipinski definition) is 0. The summed E-state index contributed by atoms with van der Waals surface area (Å²) in [7, 11) is -0.461. The molecule has 0 unspecified atom stereocenters. The summed E-state index contributed by atoms with van der Waals surface area (Å²) in [4.78, 5) is 2.54. The lowest BCUT2D eigenvalue weighted by atomic mass is 9.66. The number of nitrogens with zero attached hydrogens (tertiary/aromatic N) is 1. The molecule has 5 aromatic carbocycles. The maximum atomic E-state index is 9.44. The third-order valence-corrected chi connectivity index (χ3v) is 11.0. The Morgan fingerprint density at radius 2 is 1.23 bits per heavy atom. The molecule has 1 fully saturated rings. The van der Waals surface area contributed by atoms with Crippen molar-refractivity contribution in [3.05, 3.63) is 137 Å². The van der Waals surface area contributed by atoms with E-state index < -0.39 is 23.7 Å². The lowest BCUT2D eigenvalue weighted by Gasteiger charge is -2.39. The van der Waals surface area contributed by atoms with Gasteiger partial charge in [0.25, 0.3) is 0 Å². The second kappa shape index (κ2) is 9.21. The van der Waals surface area contributed by atoms with Crippen LogP contribution in [-0.2, 0) is 14.7 Å². The zero-order chi connectivity index (χ0) is 29.6. The summed E-state index contributed by atoms with van der Waals surface area (Å²) in [6, 6.07) is 41.4. The molecule has 3 nitrogen and oxygen atoms in total. The predicted octanol–water partition coefficient (Wildman–Crippen LogP) is 8.35. The van der Waals surface area contributed by atoms with Gasteiger partial charge < -0.3 is 9.31 Å². The molecule has 3 aliphatic rings. The molecule has 2 aliphatic heterocycles. The Labute approximate surface area is 257 Å². The van der Waals surface area contributed by atoms with Gasteiger partial charge in [-0.15, -0.1) is 0 Å². The van der Waals surface area contributed by atoms with Gasteiger partial charge in [0.15, 0.2) is 0 Å². The topological polar surface area (TPSA) is 42.2 Å². The smallest absolute Gasteiger partial charge is 0.399 e. The summed E-state index contributed by atoms with van der Waals surface area (Å²) in [6.07, 6.45) is 0. The Kier molecular flexibility index (Phi) is 5.69. The molecule has 8 rings (SSSR count). The summed E-state index contributed by atoms with van der Waals surface area (Å²) in [6.45, 7) is 8.41. The molecule has 1 spiro atoms. The van der Waals surface area contributed by atoms with E-state index in [9.17, 15) is 5.26 Å². The van der Waals surface area contributed by atoms with Crippen molar-refractivity contribution < 1.29 is 9.31 Å². The van der Waals surface area contributed by atoms with Crippen LogP contribution in [0.5, 0.6) is 0 Å². The fourth-order valence-electron chi connectivity index (χ4n) is 7.06. The zero-order valence-corrected chi connectivity index (χ0v) is 25.5. The number of hydrogen-bond acceptors (Lipinski definition) is 4. The van der Waals surface area contributed by atoms with Gasteiger partial charge in [-0.3, -0.25) is 0 Å². The van der Waals surface area contributed by atoms with E-state index in [4.69, 9.17) is 9.31 Å². The van der Waals surface area contributed by atoms with E-state index in [2.05, 4.69) is 131 Å². The van der Waals surface area contributed by atoms with E-state index in [-0.39, 0.29) is 0 Å². The van der Waals surface area contributed by atoms with Gasteiger partial charge in [-0.1, -0.05) is 96.7 Å². The highest BCUT2D eigenvalue weighted by molar-refractivity contribution is 7.99. The molecule has 5 heteroatoms. The number of fused-ring (bicyclic) bond motifs is 9. The van der Waals surface area contributed by atoms with Crippen LogP contribution in [0.1, 0.15) is 55.5 Å². The van der Waals surface area contributed by atoms with Gasteiger partial charge >= 0.3 is 7.12 Å². The number of nitriles is 1. The Morgan fingerprint density at radius 3 is 1.86 bits per heavy atom. The average molecular weight is 576 g/mol. The first kappa shape index (κ1) is 26.5. The van der Waals surface area contributed by atoms with Gasteiger partial charge in [0.05, 0.1) is 28.2 Å². The molecular weight excluding hydrogens is 545 g/mol. The largest absolute Gasteiger partial charge is 0.494 e.